The fourth-order valence-electron chi connectivity index (χ4n) is 4.82. The van der Waals surface area contributed by atoms with E-state index in [0.29, 0.717) is 43.4 Å². The molecule has 0 radical (unpaired) electrons. The van der Waals surface area contributed by atoms with Gasteiger partial charge in [0, 0.05) is 38.5 Å². The Kier molecular flexibility index (Phi) is 10.2. The summed E-state index contributed by atoms with van der Waals surface area (Å²) in [5.74, 6) is 0.597. The van der Waals surface area contributed by atoms with Crippen molar-refractivity contribution in [1.29, 1.82) is 0 Å². The monoisotopic (exact) mass is 579 g/mol. The van der Waals surface area contributed by atoms with Crippen molar-refractivity contribution >= 4 is 27.5 Å². The normalized spacial score (nSPS) is 13.2. The molecule has 1 aliphatic heterocycles. The molecule has 0 aliphatic carbocycles. The highest BCUT2D eigenvalue weighted by molar-refractivity contribution is 7.92. The van der Waals surface area contributed by atoms with E-state index < -0.39 is 16.1 Å². The number of carbonyl (C=O) groups excluding carboxylic acids is 2. The Labute approximate surface area is 242 Å². The van der Waals surface area contributed by atoms with Gasteiger partial charge in [-0.05, 0) is 36.6 Å². The lowest BCUT2D eigenvalue weighted by Gasteiger charge is -2.32. The minimum absolute atomic E-state index is 0.0636. The van der Waals surface area contributed by atoms with Gasteiger partial charge in [0.25, 0.3) is 0 Å². The van der Waals surface area contributed by atoms with Crippen molar-refractivity contribution in [3.8, 4) is 11.5 Å². The van der Waals surface area contributed by atoms with Crippen LogP contribution in [-0.2, 0) is 32.6 Å². The molecule has 0 fully saturated rings. The molecule has 0 saturated carbocycles. The number of rotatable bonds is 13. The Hall–Kier alpha value is -4.05. The second-order valence-corrected chi connectivity index (χ2v) is 11.8. The molecule has 10 heteroatoms. The van der Waals surface area contributed by atoms with Crippen LogP contribution in [0, 0.1) is 0 Å². The number of anilines is 1. The van der Waals surface area contributed by atoms with Crippen LogP contribution < -0.4 is 19.1 Å². The summed E-state index contributed by atoms with van der Waals surface area (Å²) in [7, 11) is -3.64. The lowest BCUT2D eigenvalue weighted by atomic mass is 10.0. The standard InChI is InChI=1S/C31H37N3O6S/c1-3-32-31(36)27(21-24-11-6-4-7-12-24)33(23-25-13-8-5-9-14-25)30(35)15-10-18-34(41(2,37)38)26-16-17-28-29(22-26)40-20-19-39-28/h4-9,11-14,16-17,22,27H,3,10,15,18-21,23H2,1-2H3,(H,32,36). The Bertz CT molecular complexity index is 1420. The zero-order valence-corrected chi connectivity index (χ0v) is 24.3. The van der Waals surface area contributed by atoms with Gasteiger partial charge in [-0.15, -0.1) is 0 Å². The summed E-state index contributed by atoms with van der Waals surface area (Å²) in [5, 5.41) is 2.89. The van der Waals surface area contributed by atoms with Crippen LogP contribution in [0.5, 0.6) is 11.5 Å². The molecule has 1 heterocycles. The number of hydrogen-bond acceptors (Lipinski definition) is 6. The van der Waals surface area contributed by atoms with Crippen molar-refractivity contribution in [2.45, 2.75) is 38.8 Å². The van der Waals surface area contributed by atoms with Crippen molar-refractivity contribution in [1.82, 2.24) is 10.2 Å². The Morgan fingerprint density at radius 1 is 0.902 bits per heavy atom. The molecular formula is C31H37N3O6S. The van der Waals surface area contributed by atoms with Crippen LogP contribution in [0.4, 0.5) is 5.69 Å². The summed E-state index contributed by atoms with van der Waals surface area (Å²) < 4.78 is 37.9. The molecule has 0 saturated heterocycles. The third-order valence-electron chi connectivity index (χ3n) is 6.78. The predicted molar refractivity (Wildman–Crippen MR) is 158 cm³/mol. The number of carbonyl (C=O) groups is 2. The Morgan fingerprint density at radius 2 is 1.54 bits per heavy atom. The molecule has 1 unspecified atom stereocenters. The van der Waals surface area contributed by atoms with E-state index in [4.69, 9.17) is 9.47 Å². The minimum atomic E-state index is -3.64. The first-order chi connectivity index (χ1) is 19.8. The van der Waals surface area contributed by atoms with E-state index >= 15 is 0 Å². The fourth-order valence-corrected chi connectivity index (χ4v) is 5.77. The molecule has 1 N–H and O–H groups in total. The van der Waals surface area contributed by atoms with Gasteiger partial charge >= 0.3 is 0 Å². The van der Waals surface area contributed by atoms with Gasteiger partial charge in [0.05, 0.1) is 11.9 Å². The number of fused-ring (bicyclic) bond motifs is 1. The highest BCUT2D eigenvalue weighted by Gasteiger charge is 2.30. The van der Waals surface area contributed by atoms with Crippen molar-refractivity contribution in [2.24, 2.45) is 0 Å². The van der Waals surface area contributed by atoms with E-state index in [-0.39, 0.29) is 37.7 Å². The van der Waals surface area contributed by atoms with E-state index in [0.717, 1.165) is 17.4 Å². The van der Waals surface area contributed by atoms with E-state index in [1.807, 2.05) is 67.6 Å². The van der Waals surface area contributed by atoms with Gasteiger partial charge in [0.2, 0.25) is 21.8 Å². The molecule has 3 aromatic rings. The lowest BCUT2D eigenvalue weighted by Crippen LogP contribution is -2.50. The predicted octanol–water partition coefficient (Wildman–Crippen LogP) is 3.78. The van der Waals surface area contributed by atoms with E-state index in [9.17, 15) is 18.0 Å². The van der Waals surface area contributed by atoms with E-state index in [2.05, 4.69) is 5.32 Å². The second kappa shape index (κ2) is 14.0. The van der Waals surface area contributed by atoms with Crippen molar-refractivity contribution in [3.05, 3.63) is 90.0 Å². The molecule has 1 atom stereocenters. The van der Waals surface area contributed by atoms with Gasteiger partial charge in [0.15, 0.2) is 11.5 Å². The SMILES string of the molecule is CCNC(=O)C(Cc1ccccc1)N(Cc1ccccc1)C(=O)CCCN(c1ccc2c(c1)OCCO2)S(C)(=O)=O. The summed E-state index contributed by atoms with van der Waals surface area (Å²) in [6, 6.07) is 23.4. The molecular weight excluding hydrogens is 542 g/mol. The molecule has 3 aromatic carbocycles. The number of nitrogens with one attached hydrogen (secondary N) is 1. The number of likely N-dealkylation sites (N-methyl/N-ethyl adjacent to an activating group) is 1. The maximum Gasteiger partial charge on any atom is 0.243 e. The number of nitrogens with zero attached hydrogens (tertiary/aromatic N) is 2. The van der Waals surface area contributed by atoms with Gasteiger partial charge < -0.3 is 19.7 Å². The van der Waals surface area contributed by atoms with Crippen LogP contribution in [-0.4, -0.2) is 63.7 Å². The molecule has 0 spiro atoms. The quantitative estimate of drug-likeness (QED) is 0.331. The van der Waals surface area contributed by atoms with E-state index in [1.54, 1.807) is 23.1 Å². The first kappa shape index (κ1) is 29.9. The summed E-state index contributed by atoms with van der Waals surface area (Å²) in [4.78, 5) is 28.7. The zero-order valence-electron chi connectivity index (χ0n) is 23.5. The average Bonchev–Trinajstić information content (AvgIpc) is 2.97. The molecule has 41 heavy (non-hydrogen) atoms. The maximum absolute atomic E-state index is 13.8. The zero-order chi connectivity index (χ0) is 29.2. The molecule has 0 bridgehead atoms. The second-order valence-electron chi connectivity index (χ2n) is 9.87. The van der Waals surface area contributed by atoms with Gasteiger partial charge in [-0.3, -0.25) is 13.9 Å². The first-order valence-electron chi connectivity index (χ1n) is 13.8. The highest BCUT2D eigenvalue weighted by Crippen LogP contribution is 2.34. The smallest absolute Gasteiger partial charge is 0.243 e. The van der Waals surface area contributed by atoms with Crippen molar-refractivity contribution in [3.63, 3.8) is 0 Å². The lowest BCUT2D eigenvalue weighted by molar-refractivity contribution is -0.141. The van der Waals surface area contributed by atoms with Crippen LogP contribution in [0.1, 0.15) is 30.9 Å². The fraction of sp³-hybridized carbons (Fsp3) is 0.355. The number of hydrogen-bond donors (Lipinski definition) is 1. The van der Waals surface area contributed by atoms with Crippen LogP contribution in [0.15, 0.2) is 78.9 Å². The maximum atomic E-state index is 13.8. The summed E-state index contributed by atoms with van der Waals surface area (Å²) in [5.41, 5.74) is 2.28. The highest BCUT2D eigenvalue weighted by atomic mass is 32.2. The van der Waals surface area contributed by atoms with Crippen molar-refractivity contribution < 1.29 is 27.5 Å². The number of sulfonamides is 1. The molecule has 9 nitrogen and oxygen atoms in total. The topological polar surface area (TPSA) is 105 Å². The van der Waals surface area contributed by atoms with Crippen molar-refractivity contribution in [2.75, 3.05) is 36.9 Å². The minimum Gasteiger partial charge on any atom is -0.486 e. The van der Waals surface area contributed by atoms with Gasteiger partial charge in [-0.2, -0.15) is 0 Å². The number of benzene rings is 3. The first-order valence-corrected chi connectivity index (χ1v) is 15.6. The third kappa shape index (κ3) is 8.23. The largest absolute Gasteiger partial charge is 0.486 e. The molecule has 218 valence electrons. The summed E-state index contributed by atoms with van der Waals surface area (Å²) in [6.07, 6.45) is 1.82. The number of ether oxygens (including phenoxy) is 2. The molecule has 1 aliphatic rings. The van der Waals surface area contributed by atoms with Crippen LogP contribution in [0.3, 0.4) is 0 Å². The number of amides is 2. The van der Waals surface area contributed by atoms with Crippen LogP contribution >= 0.6 is 0 Å². The van der Waals surface area contributed by atoms with Gasteiger partial charge in [-0.25, -0.2) is 8.42 Å². The average molecular weight is 580 g/mol. The third-order valence-corrected chi connectivity index (χ3v) is 7.98. The molecule has 4 rings (SSSR count). The van der Waals surface area contributed by atoms with Gasteiger partial charge in [0.1, 0.15) is 19.3 Å². The van der Waals surface area contributed by atoms with Gasteiger partial charge in [-0.1, -0.05) is 60.7 Å². The molecule has 0 aromatic heterocycles. The Morgan fingerprint density at radius 3 is 2.17 bits per heavy atom. The Balaban J connectivity index is 1.54. The summed E-state index contributed by atoms with van der Waals surface area (Å²) >= 11 is 0. The molecule has 2 amide bonds. The summed E-state index contributed by atoms with van der Waals surface area (Å²) in [6.45, 7) is 3.46. The van der Waals surface area contributed by atoms with Crippen LogP contribution in [0.2, 0.25) is 0 Å². The van der Waals surface area contributed by atoms with E-state index in [1.165, 1.54) is 4.31 Å². The van der Waals surface area contributed by atoms with Crippen LogP contribution in [0.25, 0.3) is 0 Å².